The van der Waals surface area contributed by atoms with Crippen LogP contribution in [0.25, 0.3) is 0 Å². The number of halogens is 1. The third-order valence-corrected chi connectivity index (χ3v) is 3.01. The minimum absolute atomic E-state index is 0.195. The molecule has 0 spiro atoms. The highest BCUT2D eigenvalue weighted by Gasteiger charge is 2.07. The van der Waals surface area contributed by atoms with Crippen molar-refractivity contribution in [3.63, 3.8) is 0 Å². The van der Waals surface area contributed by atoms with Crippen LogP contribution >= 0.6 is 0 Å². The predicted molar refractivity (Wildman–Crippen MR) is 74.7 cm³/mol. The minimum atomic E-state index is -0.473. The van der Waals surface area contributed by atoms with Gasteiger partial charge in [-0.2, -0.15) is 5.26 Å². The molecule has 2 N–H and O–H groups in total. The first-order valence-corrected chi connectivity index (χ1v) is 6.30. The molecule has 0 aliphatic heterocycles. The van der Waals surface area contributed by atoms with Gasteiger partial charge in [-0.05, 0) is 42.0 Å². The van der Waals surface area contributed by atoms with Crippen molar-refractivity contribution < 1.29 is 14.3 Å². The van der Waals surface area contributed by atoms with E-state index in [0.717, 1.165) is 0 Å². The Labute approximate surface area is 121 Å². The molecule has 0 radical (unpaired) electrons. The van der Waals surface area contributed by atoms with Crippen molar-refractivity contribution in [1.82, 2.24) is 5.32 Å². The molecule has 2 rings (SSSR count). The maximum Gasteiger partial charge on any atom is 0.251 e. The van der Waals surface area contributed by atoms with E-state index < -0.39 is 5.82 Å². The lowest BCUT2D eigenvalue weighted by Crippen LogP contribution is -2.22. The van der Waals surface area contributed by atoms with Crippen LogP contribution in [0.1, 0.15) is 27.0 Å². The Morgan fingerprint density at radius 2 is 1.95 bits per heavy atom. The van der Waals surface area contributed by atoms with Crippen molar-refractivity contribution in [2.24, 2.45) is 0 Å². The Morgan fingerprint density at radius 1 is 1.24 bits per heavy atom. The predicted octanol–water partition coefficient (Wildman–Crippen LogP) is 2.12. The number of nitrogens with one attached hydrogen (secondary N) is 1. The third-order valence-electron chi connectivity index (χ3n) is 3.01. The highest BCUT2D eigenvalue weighted by atomic mass is 19.1. The van der Waals surface area contributed by atoms with E-state index in [1.165, 1.54) is 12.1 Å². The average Bonchev–Trinajstić information content (AvgIpc) is 2.53. The number of aliphatic hydroxyl groups is 1. The fourth-order valence-electron chi connectivity index (χ4n) is 1.84. The number of carbonyl (C=O) groups is 1. The first-order chi connectivity index (χ1) is 10.1. The number of hydrogen-bond donors (Lipinski definition) is 2. The van der Waals surface area contributed by atoms with Crippen molar-refractivity contribution in [3.05, 3.63) is 70.5 Å². The van der Waals surface area contributed by atoms with Crippen LogP contribution in [0.3, 0.4) is 0 Å². The molecule has 4 nitrogen and oxygen atoms in total. The average molecular weight is 284 g/mol. The molecule has 1 amide bonds. The van der Waals surface area contributed by atoms with E-state index in [2.05, 4.69) is 5.32 Å². The summed E-state index contributed by atoms with van der Waals surface area (Å²) in [4.78, 5) is 11.9. The second-order valence-electron chi connectivity index (χ2n) is 4.46. The van der Waals surface area contributed by atoms with Crippen molar-refractivity contribution in [2.75, 3.05) is 0 Å². The molecule has 2 aromatic rings. The number of rotatable bonds is 4. The Morgan fingerprint density at radius 3 is 2.57 bits per heavy atom. The first kappa shape index (κ1) is 14.7. The molecule has 0 saturated heterocycles. The number of aliphatic hydroxyl groups excluding tert-OH is 1. The van der Waals surface area contributed by atoms with Gasteiger partial charge in [-0.15, -0.1) is 0 Å². The Bertz CT molecular complexity index is 690. The van der Waals surface area contributed by atoms with E-state index in [4.69, 9.17) is 10.4 Å². The molecule has 21 heavy (non-hydrogen) atoms. The molecule has 0 unspecified atom stereocenters. The van der Waals surface area contributed by atoms with E-state index in [1.54, 1.807) is 30.3 Å². The summed E-state index contributed by atoms with van der Waals surface area (Å²) in [6.07, 6.45) is 0. The van der Waals surface area contributed by atoms with E-state index in [9.17, 15) is 9.18 Å². The lowest BCUT2D eigenvalue weighted by atomic mass is 10.1. The molecule has 0 aliphatic carbocycles. The zero-order valence-corrected chi connectivity index (χ0v) is 11.1. The number of benzene rings is 2. The molecule has 0 atom stereocenters. The van der Waals surface area contributed by atoms with Crippen LogP contribution in [0.5, 0.6) is 0 Å². The van der Waals surface area contributed by atoms with Crippen LogP contribution in [0.4, 0.5) is 4.39 Å². The fourth-order valence-corrected chi connectivity index (χ4v) is 1.84. The standard InChI is InChI=1S/C16H13FN2O2/c17-15-6-3-12(7-14(15)10-20)9-19-16(21)13-4-1-11(8-18)2-5-13/h1-7,20H,9-10H2,(H,19,21). The lowest BCUT2D eigenvalue weighted by Gasteiger charge is -2.07. The van der Waals surface area contributed by atoms with Gasteiger partial charge in [0.2, 0.25) is 0 Å². The molecule has 2 aromatic carbocycles. The van der Waals surface area contributed by atoms with Crippen molar-refractivity contribution in [2.45, 2.75) is 13.2 Å². The quantitative estimate of drug-likeness (QED) is 0.903. The summed E-state index contributed by atoms with van der Waals surface area (Å²) >= 11 is 0. The number of amides is 1. The Kier molecular flexibility index (Phi) is 4.64. The van der Waals surface area contributed by atoms with Gasteiger partial charge in [-0.3, -0.25) is 4.79 Å². The van der Waals surface area contributed by atoms with E-state index in [-0.39, 0.29) is 24.6 Å². The maximum atomic E-state index is 13.2. The van der Waals surface area contributed by atoms with Crippen molar-refractivity contribution in [3.8, 4) is 6.07 Å². The van der Waals surface area contributed by atoms with E-state index in [1.807, 2.05) is 6.07 Å². The van der Waals surface area contributed by atoms with Gasteiger partial charge in [0.25, 0.3) is 5.91 Å². The number of carbonyl (C=O) groups excluding carboxylic acids is 1. The van der Waals surface area contributed by atoms with Crippen molar-refractivity contribution >= 4 is 5.91 Å². The Hall–Kier alpha value is -2.71. The van der Waals surface area contributed by atoms with Crippen LogP contribution in [0.15, 0.2) is 42.5 Å². The summed E-state index contributed by atoms with van der Waals surface area (Å²) in [5.74, 6) is -0.756. The van der Waals surface area contributed by atoms with E-state index in [0.29, 0.717) is 16.7 Å². The third kappa shape index (κ3) is 3.65. The van der Waals surface area contributed by atoms with Gasteiger partial charge in [0.15, 0.2) is 0 Å². The molecular formula is C16H13FN2O2. The largest absolute Gasteiger partial charge is 0.392 e. The van der Waals surface area contributed by atoms with Crippen LogP contribution in [0, 0.1) is 17.1 Å². The van der Waals surface area contributed by atoms with Gasteiger partial charge in [-0.25, -0.2) is 4.39 Å². The highest BCUT2D eigenvalue weighted by Crippen LogP contribution is 2.11. The monoisotopic (exact) mass is 284 g/mol. The van der Waals surface area contributed by atoms with Crippen LogP contribution in [-0.4, -0.2) is 11.0 Å². The normalized spacial score (nSPS) is 9.95. The second-order valence-corrected chi connectivity index (χ2v) is 4.46. The zero-order valence-electron chi connectivity index (χ0n) is 11.1. The van der Waals surface area contributed by atoms with Gasteiger partial charge in [-0.1, -0.05) is 6.07 Å². The number of nitriles is 1. The molecule has 0 saturated carbocycles. The molecule has 0 fully saturated rings. The highest BCUT2D eigenvalue weighted by molar-refractivity contribution is 5.94. The zero-order chi connectivity index (χ0) is 15.2. The van der Waals surface area contributed by atoms with Gasteiger partial charge in [0, 0.05) is 17.7 Å². The molecule has 5 heteroatoms. The molecule has 0 heterocycles. The first-order valence-electron chi connectivity index (χ1n) is 6.30. The molecule has 0 bridgehead atoms. The van der Waals surface area contributed by atoms with Gasteiger partial charge < -0.3 is 10.4 Å². The summed E-state index contributed by atoms with van der Waals surface area (Å²) in [7, 11) is 0. The summed E-state index contributed by atoms with van der Waals surface area (Å²) in [6, 6.07) is 12.6. The molecule has 0 aliphatic rings. The second kappa shape index (κ2) is 6.64. The smallest absolute Gasteiger partial charge is 0.251 e. The van der Waals surface area contributed by atoms with E-state index >= 15 is 0 Å². The summed E-state index contributed by atoms with van der Waals surface area (Å²) in [6.45, 7) is -0.157. The summed E-state index contributed by atoms with van der Waals surface area (Å²) in [5.41, 5.74) is 1.82. The summed E-state index contributed by atoms with van der Waals surface area (Å²) < 4.78 is 13.2. The SMILES string of the molecule is N#Cc1ccc(C(=O)NCc2ccc(F)c(CO)c2)cc1. The molecule has 0 aromatic heterocycles. The van der Waals surface area contributed by atoms with Crippen LogP contribution < -0.4 is 5.32 Å². The topological polar surface area (TPSA) is 73.1 Å². The fraction of sp³-hybridized carbons (Fsp3) is 0.125. The molecule has 106 valence electrons. The van der Waals surface area contributed by atoms with Crippen molar-refractivity contribution in [1.29, 1.82) is 5.26 Å². The number of nitrogens with zero attached hydrogens (tertiary/aromatic N) is 1. The Balaban J connectivity index is 2.02. The van der Waals surface area contributed by atoms with Gasteiger partial charge in [0.05, 0.1) is 18.2 Å². The molecular weight excluding hydrogens is 271 g/mol. The van der Waals surface area contributed by atoms with Gasteiger partial charge >= 0.3 is 0 Å². The minimum Gasteiger partial charge on any atom is -0.392 e. The maximum absolute atomic E-state index is 13.2. The number of hydrogen-bond acceptors (Lipinski definition) is 3. The van der Waals surface area contributed by atoms with Gasteiger partial charge in [0.1, 0.15) is 5.82 Å². The van der Waals surface area contributed by atoms with Crippen LogP contribution in [0.2, 0.25) is 0 Å². The summed E-state index contributed by atoms with van der Waals surface area (Å²) in [5, 5.41) is 20.4. The lowest BCUT2D eigenvalue weighted by molar-refractivity contribution is 0.0951. The van der Waals surface area contributed by atoms with Crippen LogP contribution in [-0.2, 0) is 13.2 Å².